The van der Waals surface area contributed by atoms with Gasteiger partial charge in [-0.3, -0.25) is 10.1 Å². The number of hydrogen-bond donors (Lipinski definition) is 2. The maximum Gasteiger partial charge on any atom is 0.334 e. The number of allylic oxidation sites excluding steroid dienone is 2. The molecule has 1 unspecified atom stereocenters. The molecule has 138 valence electrons. The van der Waals surface area contributed by atoms with E-state index >= 15 is 0 Å². The van der Waals surface area contributed by atoms with Crippen LogP contribution >= 0.6 is 11.6 Å². The number of nitrogens with one attached hydrogen (secondary N) is 1. The van der Waals surface area contributed by atoms with Gasteiger partial charge in [-0.1, -0.05) is 53.6 Å². The molecule has 2 aromatic carbocycles. The molecule has 1 heterocycles. The first-order valence-electron chi connectivity index (χ1n) is 8.21. The first-order chi connectivity index (χ1) is 12.8. The molecule has 1 aliphatic rings. The van der Waals surface area contributed by atoms with Crippen LogP contribution in [0.1, 0.15) is 29.5 Å². The van der Waals surface area contributed by atoms with Crippen LogP contribution in [0.3, 0.4) is 0 Å². The van der Waals surface area contributed by atoms with Crippen molar-refractivity contribution in [1.82, 2.24) is 5.32 Å². The number of aliphatic carboxylic acids is 1. The Kier molecular flexibility index (Phi) is 5.01. The lowest BCUT2D eigenvalue weighted by Crippen LogP contribution is -2.31. The Morgan fingerprint density at radius 1 is 1.19 bits per heavy atom. The minimum atomic E-state index is -1.22. The van der Waals surface area contributed by atoms with Crippen LogP contribution in [0.5, 0.6) is 0 Å². The van der Waals surface area contributed by atoms with E-state index in [1.807, 2.05) is 19.1 Å². The van der Waals surface area contributed by atoms with E-state index in [0.717, 1.165) is 5.56 Å². The molecule has 3 rings (SSSR count). The number of aryl methyl sites for hydroxylation is 1. The smallest absolute Gasteiger partial charge is 0.334 e. The van der Waals surface area contributed by atoms with Gasteiger partial charge in [0.1, 0.15) is 11.6 Å². The minimum Gasteiger partial charge on any atom is -0.478 e. The van der Waals surface area contributed by atoms with Gasteiger partial charge in [-0.25, -0.2) is 4.79 Å². The third-order valence-corrected chi connectivity index (χ3v) is 4.72. The van der Waals surface area contributed by atoms with Crippen molar-refractivity contribution in [2.75, 3.05) is 0 Å². The zero-order chi connectivity index (χ0) is 19.7. The van der Waals surface area contributed by atoms with Gasteiger partial charge in [0.05, 0.1) is 10.5 Å². The third kappa shape index (κ3) is 3.57. The zero-order valence-corrected chi connectivity index (χ0v) is 15.4. The molecule has 0 spiro atoms. The van der Waals surface area contributed by atoms with E-state index in [0.29, 0.717) is 21.8 Å². The summed E-state index contributed by atoms with van der Waals surface area (Å²) in [5.41, 5.74) is 2.44. The summed E-state index contributed by atoms with van der Waals surface area (Å²) in [7, 11) is 0. The quantitative estimate of drug-likeness (QED) is 0.604. The van der Waals surface area contributed by atoms with Crippen molar-refractivity contribution in [3.8, 4) is 0 Å². The van der Waals surface area contributed by atoms with E-state index < -0.39 is 16.8 Å². The molecule has 0 bridgehead atoms. The van der Waals surface area contributed by atoms with E-state index in [1.165, 1.54) is 0 Å². The van der Waals surface area contributed by atoms with Gasteiger partial charge in [0.2, 0.25) is 0 Å². The van der Waals surface area contributed by atoms with Crippen LogP contribution in [0.25, 0.3) is 5.70 Å². The number of nitrogens with zero attached hydrogens (tertiary/aromatic N) is 1. The first kappa shape index (κ1) is 18.7. The summed E-state index contributed by atoms with van der Waals surface area (Å²) in [6.45, 7) is 3.52. The molecule has 1 atom stereocenters. The average molecular weight is 385 g/mol. The summed E-state index contributed by atoms with van der Waals surface area (Å²) in [6, 6.07) is 13.7. The van der Waals surface area contributed by atoms with Gasteiger partial charge in [0, 0.05) is 16.3 Å². The van der Waals surface area contributed by atoms with Gasteiger partial charge in [-0.15, -0.1) is 0 Å². The second-order valence-corrected chi connectivity index (χ2v) is 6.78. The van der Waals surface area contributed by atoms with Gasteiger partial charge in [-0.2, -0.15) is 0 Å². The van der Waals surface area contributed by atoms with Crippen molar-refractivity contribution in [2.45, 2.75) is 19.8 Å². The highest BCUT2D eigenvalue weighted by molar-refractivity contribution is 6.30. The van der Waals surface area contributed by atoms with Crippen molar-refractivity contribution in [3.63, 3.8) is 0 Å². The zero-order valence-electron chi connectivity index (χ0n) is 14.7. The first-order valence-corrected chi connectivity index (χ1v) is 8.59. The monoisotopic (exact) mass is 384 g/mol. The maximum absolute atomic E-state index is 12.0. The van der Waals surface area contributed by atoms with Crippen molar-refractivity contribution < 1.29 is 14.8 Å². The Bertz CT molecular complexity index is 993. The summed E-state index contributed by atoms with van der Waals surface area (Å²) >= 11 is 6.06. The largest absolute Gasteiger partial charge is 0.478 e. The number of hydrogen-bond acceptors (Lipinski definition) is 4. The number of carboxylic acid groups (broad SMARTS) is 1. The number of rotatable bonds is 4. The van der Waals surface area contributed by atoms with Crippen LogP contribution in [0.15, 0.2) is 65.5 Å². The number of carbonyl (C=O) groups is 1. The van der Waals surface area contributed by atoms with Crippen LogP contribution in [0.4, 0.5) is 0 Å². The summed E-state index contributed by atoms with van der Waals surface area (Å²) in [4.78, 5) is 23.4. The molecule has 1 aliphatic heterocycles. The van der Waals surface area contributed by atoms with E-state index in [9.17, 15) is 20.0 Å². The minimum absolute atomic E-state index is 0.0696. The molecule has 0 fully saturated rings. The van der Waals surface area contributed by atoms with Gasteiger partial charge in [0.25, 0.3) is 5.70 Å². The standard InChI is InChI=1S/C20H17ClN2O4/c1-11-6-8-13(9-7-11)18-19(23(26)27)17(14-4-3-5-15(21)10-14)16(20(24)25)12(2)22-18/h3-10,17,22H,1-2H3,(H,24,25). The number of dihydropyridines is 1. The summed E-state index contributed by atoms with van der Waals surface area (Å²) in [5, 5.41) is 25.0. The van der Waals surface area contributed by atoms with Gasteiger partial charge in [0.15, 0.2) is 0 Å². The molecule has 2 aromatic rings. The Balaban J connectivity index is 2.30. The lowest BCUT2D eigenvalue weighted by Gasteiger charge is -2.27. The average Bonchev–Trinajstić information content (AvgIpc) is 2.60. The van der Waals surface area contributed by atoms with E-state index in [-0.39, 0.29) is 17.0 Å². The van der Waals surface area contributed by atoms with Gasteiger partial charge >= 0.3 is 5.97 Å². The van der Waals surface area contributed by atoms with Crippen molar-refractivity contribution >= 4 is 23.3 Å². The fourth-order valence-electron chi connectivity index (χ4n) is 3.25. The molecule has 0 radical (unpaired) electrons. The van der Waals surface area contributed by atoms with Crippen LogP contribution in [-0.4, -0.2) is 16.0 Å². The van der Waals surface area contributed by atoms with Gasteiger partial charge < -0.3 is 10.4 Å². The van der Waals surface area contributed by atoms with E-state index in [1.54, 1.807) is 43.3 Å². The number of carboxylic acids is 1. The van der Waals surface area contributed by atoms with Crippen molar-refractivity contribution in [1.29, 1.82) is 0 Å². The Morgan fingerprint density at radius 3 is 2.41 bits per heavy atom. The molecule has 0 aliphatic carbocycles. The molecular weight excluding hydrogens is 368 g/mol. The fourth-order valence-corrected chi connectivity index (χ4v) is 3.45. The Labute approximate surface area is 160 Å². The van der Waals surface area contributed by atoms with Crippen LogP contribution in [0, 0.1) is 17.0 Å². The highest BCUT2D eigenvalue weighted by atomic mass is 35.5. The topological polar surface area (TPSA) is 92.5 Å². The lowest BCUT2D eigenvalue weighted by molar-refractivity contribution is -0.428. The normalized spacial score (nSPS) is 16.9. The summed E-state index contributed by atoms with van der Waals surface area (Å²) in [5.74, 6) is -2.26. The SMILES string of the molecule is CC1=C(C(=O)O)C(c2cccc(Cl)c2)C([N+](=O)[O-])=C(c2ccc(C)cc2)N1. The van der Waals surface area contributed by atoms with E-state index in [4.69, 9.17) is 11.6 Å². The molecule has 2 N–H and O–H groups in total. The Morgan fingerprint density at radius 2 is 1.85 bits per heavy atom. The number of benzene rings is 2. The summed E-state index contributed by atoms with van der Waals surface area (Å²) < 4.78 is 0. The van der Waals surface area contributed by atoms with Crippen LogP contribution < -0.4 is 5.32 Å². The predicted octanol–water partition coefficient (Wildman–Crippen LogP) is 4.34. The van der Waals surface area contributed by atoms with Crippen molar-refractivity contribution in [3.05, 3.63) is 97.3 Å². The number of nitro groups is 1. The van der Waals surface area contributed by atoms with Crippen LogP contribution in [0.2, 0.25) is 5.02 Å². The van der Waals surface area contributed by atoms with E-state index in [2.05, 4.69) is 5.32 Å². The van der Waals surface area contributed by atoms with Crippen molar-refractivity contribution in [2.24, 2.45) is 0 Å². The molecule has 0 amide bonds. The maximum atomic E-state index is 12.0. The fraction of sp³-hybridized carbons (Fsp3) is 0.150. The highest BCUT2D eigenvalue weighted by Gasteiger charge is 2.41. The summed E-state index contributed by atoms with van der Waals surface area (Å²) in [6.07, 6.45) is 0. The predicted molar refractivity (Wildman–Crippen MR) is 103 cm³/mol. The highest BCUT2D eigenvalue weighted by Crippen LogP contribution is 2.41. The Hall–Kier alpha value is -3.12. The lowest BCUT2D eigenvalue weighted by atomic mass is 9.83. The third-order valence-electron chi connectivity index (χ3n) is 4.48. The molecule has 27 heavy (non-hydrogen) atoms. The number of halogens is 1. The molecule has 0 saturated carbocycles. The molecule has 0 aromatic heterocycles. The molecule has 7 heteroatoms. The second kappa shape index (κ2) is 7.25. The second-order valence-electron chi connectivity index (χ2n) is 6.34. The molecule has 0 saturated heterocycles. The molecule has 6 nitrogen and oxygen atoms in total. The van der Waals surface area contributed by atoms with Crippen LogP contribution in [-0.2, 0) is 4.79 Å². The van der Waals surface area contributed by atoms with Gasteiger partial charge in [-0.05, 0) is 31.5 Å². The molecular formula is C20H17ClN2O4.